The summed E-state index contributed by atoms with van der Waals surface area (Å²) in [5, 5.41) is 3.22. The van der Waals surface area contributed by atoms with Crippen molar-refractivity contribution in [3.8, 4) is 0 Å². The van der Waals surface area contributed by atoms with Crippen LogP contribution in [0.4, 0.5) is 0 Å². The Morgan fingerprint density at radius 2 is 2.15 bits per heavy atom. The Labute approximate surface area is 79.4 Å². The summed E-state index contributed by atoms with van der Waals surface area (Å²) < 4.78 is 0. The summed E-state index contributed by atoms with van der Waals surface area (Å²) in [5.74, 6) is 0. The molecule has 2 rings (SSSR count). The first kappa shape index (κ1) is 8.54. The second-order valence-electron chi connectivity index (χ2n) is 4.64. The smallest absolute Gasteiger partial charge is 0.0869 e. The van der Waals surface area contributed by atoms with Crippen LogP contribution in [0.3, 0.4) is 0 Å². The van der Waals surface area contributed by atoms with E-state index in [0.29, 0.717) is 0 Å². The van der Waals surface area contributed by atoms with Crippen LogP contribution < -0.4 is 5.32 Å². The third-order valence-corrected chi connectivity index (χ3v) is 2.59. The third kappa shape index (κ3) is 1.41. The van der Waals surface area contributed by atoms with E-state index in [1.807, 2.05) is 0 Å². The first-order valence-corrected chi connectivity index (χ1v) is 4.77. The van der Waals surface area contributed by atoms with Crippen molar-refractivity contribution < 1.29 is 0 Å². The zero-order valence-corrected chi connectivity index (χ0v) is 8.52. The molecule has 0 aromatic carbocycles. The number of nitrogens with one attached hydrogen (secondary N) is 1. The van der Waals surface area contributed by atoms with Gasteiger partial charge in [-0.3, -0.25) is 4.99 Å². The first-order chi connectivity index (χ1) is 6.09. The Kier molecular flexibility index (Phi) is 1.79. The zero-order valence-electron chi connectivity index (χ0n) is 8.52. The Morgan fingerprint density at radius 1 is 1.38 bits per heavy atom. The van der Waals surface area contributed by atoms with E-state index in [1.165, 1.54) is 16.8 Å². The van der Waals surface area contributed by atoms with Crippen LogP contribution in [0.15, 0.2) is 27.9 Å². The molecule has 0 radical (unpaired) electrons. The quantitative estimate of drug-likeness (QED) is 0.601. The number of nitrogens with zero attached hydrogens (tertiary/aromatic N) is 1. The van der Waals surface area contributed by atoms with Gasteiger partial charge in [0.15, 0.2) is 0 Å². The van der Waals surface area contributed by atoms with Crippen LogP contribution in [-0.2, 0) is 0 Å². The van der Waals surface area contributed by atoms with Gasteiger partial charge in [-0.25, -0.2) is 0 Å². The molecule has 0 aromatic rings. The number of hydrogen-bond donors (Lipinski definition) is 1. The molecule has 2 aliphatic rings. The largest absolute Gasteiger partial charge is 0.350 e. The second-order valence-corrected chi connectivity index (χ2v) is 4.64. The SMILES string of the molecule is CC(C)(C)C1=CCC2=C1CN=CN2. The van der Waals surface area contributed by atoms with E-state index < -0.39 is 0 Å². The van der Waals surface area contributed by atoms with Crippen molar-refractivity contribution in [3.63, 3.8) is 0 Å². The van der Waals surface area contributed by atoms with Crippen molar-refractivity contribution in [1.82, 2.24) is 5.32 Å². The molecule has 0 spiro atoms. The van der Waals surface area contributed by atoms with Crippen LogP contribution in [0.2, 0.25) is 0 Å². The maximum absolute atomic E-state index is 4.25. The van der Waals surface area contributed by atoms with Crippen LogP contribution in [0.1, 0.15) is 27.2 Å². The fourth-order valence-corrected chi connectivity index (χ4v) is 1.96. The Balaban J connectivity index is 2.30. The highest BCUT2D eigenvalue weighted by atomic mass is 15.0. The molecule has 0 fully saturated rings. The summed E-state index contributed by atoms with van der Waals surface area (Å²) in [6.45, 7) is 7.62. The maximum atomic E-state index is 4.25. The summed E-state index contributed by atoms with van der Waals surface area (Å²) in [5.41, 5.74) is 4.48. The molecule has 70 valence electrons. The number of allylic oxidation sites excluding steroid dienone is 1. The predicted molar refractivity (Wildman–Crippen MR) is 55.7 cm³/mol. The first-order valence-electron chi connectivity index (χ1n) is 4.77. The van der Waals surface area contributed by atoms with Gasteiger partial charge < -0.3 is 5.32 Å². The van der Waals surface area contributed by atoms with Gasteiger partial charge in [0.05, 0.1) is 12.9 Å². The molecule has 0 unspecified atom stereocenters. The molecule has 0 bridgehead atoms. The van der Waals surface area contributed by atoms with Crippen LogP contribution in [0.5, 0.6) is 0 Å². The van der Waals surface area contributed by atoms with Gasteiger partial charge in [-0.1, -0.05) is 26.8 Å². The van der Waals surface area contributed by atoms with E-state index in [-0.39, 0.29) is 5.41 Å². The standard InChI is InChI=1S/C11H16N2/c1-11(2,3)9-4-5-10-8(9)6-12-7-13-10/h4,7H,5-6H2,1-3H3,(H,12,13). The summed E-state index contributed by atoms with van der Waals surface area (Å²) in [6.07, 6.45) is 5.18. The van der Waals surface area contributed by atoms with Crippen molar-refractivity contribution >= 4 is 6.34 Å². The van der Waals surface area contributed by atoms with E-state index in [9.17, 15) is 0 Å². The molecule has 0 saturated carbocycles. The van der Waals surface area contributed by atoms with Crippen LogP contribution in [-0.4, -0.2) is 12.9 Å². The summed E-state index contributed by atoms with van der Waals surface area (Å²) >= 11 is 0. The van der Waals surface area contributed by atoms with E-state index >= 15 is 0 Å². The Morgan fingerprint density at radius 3 is 2.85 bits per heavy atom. The van der Waals surface area contributed by atoms with Crippen LogP contribution >= 0.6 is 0 Å². The molecule has 0 saturated heterocycles. The number of rotatable bonds is 0. The summed E-state index contributed by atoms with van der Waals surface area (Å²) in [4.78, 5) is 4.25. The van der Waals surface area contributed by atoms with E-state index in [0.717, 1.165) is 13.0 Å². The Bertz CT molecular complexity index is 313. The summed E-state index contributed by atoms with van der Waals surface area (Å²) in [7, 11) is 0. The van der Waals surface area contributed by atoms with Gasteiger partial charge in [0.1, 0.15) is 0 Å². The van der Waals surface area contributed by atoms with Crippen molar-refractivity contribution in [1.29, 1.82) is 0 Å². The highest BCUT2D eigenvalue weighted by molar-refractivity contribution is 5.64. The minimum atomic E-state index is 0.256. The normalized spacial score (nSPS) is 21.3. The molecule has 0 atom stereocenters. The summed E-state index contributed by atoms with van der Waals surface area (Å²) in [6, 6.07) is 0. The highest BCUT2D eigenvalue weighted by Gasteiger charge is 2.27. The van der Waals surface area contributed by atoms with E-state index in [4.69, 9.17) is 0 Å². The molecule has 1 heterocycles. The lowest BCUT2D eigenvalue weighted by molar-refractivity contribution is 0.509. The van der Waals surface area contributed by atoms with Gasteiger partial charge in [0.2, 0.25) is 0 Å². The molecular weight excluding hydrogens is 160 g/mol. The third-order valence-electron chi connectivity index (χ3n) is 2.59. The van der Waals surface area contributed by atoms with Crippen molar-refractivity contribution in [2.75, 3.05) is 6.54 Å². The fraction of sp³-hybridized carbons (Fsp3) is 0.545. The molecule has 0 aromatic heterocycles. The van der Waals surface area contributed by atoms with Crippen LogP contribution in [0, 0.1) is 5.41 Å². The van der Waals surface area contributed by atoms with Crippen molar-refractivity contribution in [3.05, 3.63) is 22.9 Å². The number of aliphatic imine (C=N–C) groups is 1. The fourth-order valence-electron chi connectivity index (χ4n) is 1.96. The minimum absolute atomic E-state index is 0.256. The minimum Gasteiger partial charge on any atom is -0.350 e. The Hall–Kier alpha value is -1.05. The average Bonchev–Trinajstić information content (AvgIpc) is 2.45. The lowest BCUT2D eigenvalue weighted by Crippen LogP contribution is -2.20. The lowest BCUT2D eigenvalue weighted by Gasteiger charge is -2.24. The van der Waals surface area contributed by atoms with Gasteiger partial charge in [-0.15, -0.1) is 0 Å². The molecule has 0 amide bonds. The van der Waals surface area contributed by atoms with Gasteiger partial charge in [-0.2, -0.15) is 0 Å². The van der Waals surface area contributed by atoms with Gasteiger partial charge in [0, 0.05) is 12.1 Å². The van der Waals surface area contributed by atoms with Gasteiger partial charge in [-0.05, 0) is 16.6 Å². The van der Waals surface area contributed by atoms with Crippen molar-refractivity contribution in [2.45, 2.75) is 27.2 Å². The average molecular weight is 176 g/mol. The van der Waals surface area contributed by atoms with Gasteiger partial charge >= 0.3 is 0 Å². The highest BCUT2D eigenvalue weighted by Crippen LogP contribution is 2.38. The predicted octanol–water partition coefficient (Wildman–Crippen LogP) is 2.25. The lowest BCUT2D eigenvalue weighted by atomic mass is 9.83. The molecule has 2 heteroatoms. The van der Waals surface area contributed by atoms with Gasteiger partial charge in [0.25, 0.3) is 0 Å². The number of hydrogen-bond acceptors (Lipinski definition) is 2. The second kappa shape index (κ2) is 2.72. The molecule has 1 aliphatic carbocycles. The molecular formula is C11H16N2. The van der Waals surface area contributed by atoms with Crippen LogP contribution in [0.25, 0.3) is 0 Å². The topological polar surface area (TPSA) is 24.4 Å². The molecule has 1 aliphatic heterocycles. The maximum Gasteiger partial charge on any atom is 0.0869 e. The van der Waals surface area contributed by atoms with E-state index in [1.54, 1.807) is 6.34 Å². The molecule has 2 nitrogen and oxygen atoms in total. The van der Waals surface area contributed by atoms with E-state index in [2.05, 4.69) is 37.2 Å². The van der Waals surface area contributed by atoms with Crippen molar-refractivity contribution in [2.24, 2.45) is 10.4 Å². The zero-order chi connectivity index (χ0) is 9.47. The monoisotopic (exact) mass is 176 g/mol. The molecule has 1 N–H and O–H groups in total. The molecule has 13 heavy (non-hydrogen) atoms.